The van der Waals surface area contributed by atoms with Crippen molar-refractivity contribution in [2.45, 2.75) is 32.0 Å². The van der Waals surface area contributed by atoms with Gasteiger partial charge in [0.05, 0.1) is 11.8 Å². The van der Waals surface area contributed by atoms with Gasteiger partial charge in [0.25, 0.3) is 5.91 Å². The molecule has 1 aliphatic rings. The van der Waals surface area contributed by atoms with Crippen molar-refractivity contribution in [3.63, 3.8) is 0 Å². The van der Waals surface area contributed by atoms with Crippen LogP contribution >= 0.6 is 0 Å². The van der Waals surface area contributed by atoms with Crippen LogP contribution in [0.15, 0.2) is 30.6 Å². The van der Waals surface area contributed by atoms with E-state index in [1.807, 2.05) is 13.0 Å². The smallest absolute Gasteiger partial charge is 0.271 e. The van der Waals surface area contributed by atoms with Crippen molar-refractivity contribution in [3.05, 3.63) is 42.0 Å². The lowest BCUT2D eigenvalue weighted by molar-refractivity contribution is 0.0343. The highest BCUT2D eigenvalue weighted by atomic mass is 16.5. The predicted octanol–water partition coefficient (Wildman–Crippen LogP) is 1.16. The minimum atomic E-state index is -0.617. The van der Waals surface area contributed by atoms with Gasteiger partial charge in [0.2, 0.25) is 0 Å². The molecule has 7 heteroatoms. The van der Waals surface area contributed by atoms with Crippen LogP contribution in [0.3, 0.4) is 0 Å². The number of nitrogens with zero attached hydrogens (tertiary/aromatic N) is 3. The number of pyridine rings is 1. The van der Waals surface area contributed by atoms with Gasteiger partial charge in [0.15, 0.2) is 0 Å². The average molecular weight is 316 g/mol. The predicted molar refractivity (Wildman–Crippen MR) is 83.1 cm³/mol. The third kappa shape index (κ3) is 3.50. The molecule has 2 atom stereocenters. The molecule has 0 aliphatic carbocycles. The molecular weight excluding hydrogens is 296 g/mol. The third-order valence-corrected chi connectivity index (χ3v) is 4.06. The molecule has 0 radical (unpaired) electrons. The van der Waals surface area contributed by atoms with Crippen molar-refractivity contribution in [2.75, 3.05) is 13.1 Å². The number of rotatable bonds is 3. The summed E-state index contributed by atoms with van der Waals surface area (Å²) in [5.74, 6) is 0.567. The molecule has 1 amide bonds. The van der Waals surface area contributed by atoms with E-state index in [4.69, 9.17) is 4.74 Å². The van der Waals surface area contributed by atoms with E-state index in [0.717, 1.165) is 5.69 Å². The number of ether oxygens (including phenoxy) is 1. The van der Waals surface area contributed by atoms with Gasteiger partial charge in [0, 0.05) is 31.9 Å². The number of carbonyl (C=O) groups excluding carboxylic acids is 1. The Balaban J connectivity index is 1.66. The third-order valence-electron chi connectivity index (χ3n) is 4.06. The largest absolute Gasteiger partial charge is 0.486 e. The maximum absolute atomic E-state index is 12.4. The Hall–Kier alpha value is -2.41. The van der Waals surface area contributed by atoms with Crippen molar-refractivity contribution in [2.24, 2.45) is 0 Å². The second kappa shape index (κ2) is 6.78. The fourth-order valence-corrected chi connectivity index (χ4v) is 2.70. The molecular formula is C16H20N4O3. The molecule has 2 aromatic rings. The van der Waals surface area contributed by atoms with E-state index >= 15 is 0 Å². The van der Waals surface area contributed by atoms with Gasteiger partial charge in [0.1, 0.15) is 17.5 Å². The van der Waals surface area contributed by atoms with Crippen molar-refractivity contribution in [3.8, 4) is 5.75 Å². The number of H-pyrrole nitrogens is 1. The van der Waals surface area contributed by atoms with E-state index in [2.05, 4.69) is 15.2 Å². The molecule has 0 aromatic carbocycles. The lowest BCUT2D eigenvalue weighted by atomic mass is 10.1. The number of carbonyl (C=O) groups is 1. The number of nitrogens with one attached hydrogen (secondary N) is 1. The van der Waals surface area contributed by atoms with Gasteiger partial charge >= 0.3 is 0 Å². The molecule has 0 unspecified atom stereocenters. The van der Waals surface area contributed by atoms with Gasteiger partial charge in [-0.3, -0.25) is 14.9 Å². The van der Waals surface area contributed by atoms with Gasteiger partial charge in [-0.05, 0) is 31.5 Å². The summed E-state index contributed by atoms with van der Waals surface area (Å²) in [6.45, 7) is 2.89. The van der Waals surface area contributed by atoms with Crippen LogP contribution in [0, 0.1) is 6.92 Å². The van der Waals surface area contributed by atoms with Crippen LogP contribution in [0.2, 0.25) is 0 Å². The van der Waals surface area contributed by atoms with Crippen LogP contribution in [0.1, 0.15) is 29.0 Å². The first-order valence-corrected chi connectivity index (χ1v) is 7.70. The molecule has 1 aliphatic heterocycles. The monoisotopic (exact) mass is 316 g/mol. The number of aliphatic hydroxyl groups is 1. The summed E-state index contributed by atoms with van der Waals surface area (Å²) in [5.41, 5.74) is 1.25. The zero-order chi connectivity index (χ0) is 16.2. The summed E-state index contributed by atoms with van der Waals surface area (Å²) in [6.07, 6.45) is 3.33. The summed E-state index contributed by atoms with van der Waals surface area (Å²) in [6, 6.07) is 5.30. The van der Waals surface area contributed by atoms with E-state index in [1.165, 1.54) is 0 Å². The number of aliphatic hydroxyl groups excluding tert-OH is 1. The highest BCUT2D eigenvalue weighted by Crippen LogP contribution is 2.22. The highest BCUT2D eigenvalue weighted by Gasteiger charge is 2.29. The molecule has 0 spiro atoms. The van der Waals surface area contributed by atoms with Crippen LogP contribution in [-0.2, 0) is 0 Å². The normalized spacial score (nSPS) is 21.7. The topological polar surface area (TPSA) is 91.3 Å². The highest BCUT2D eigenvalue weighted by molar-refractivity contribution is 5.92. The van der Waals surface area contributed by atoms with E-state index in [9.17, 15) is 9.90 Å². The minimum absolute atomic E-state index is 0.104. The van der Waals surface area contributed by atoms with Crippen LogP contribution in [0.4, 0.5) is 0 Å². The molecule has 7 nitrogen and oxygen atoms in total. The first-order chi connectivity index (χ1) is 11.1. The maximum atomic E-state index is 12.4. The second-order valence-electron chi connectivity index (χ2n) is 5.65. The number of hydrogen-bond acceptors (Lipinski definition) is 5. The molecule has 2 N–H and O–H groups in total. The summed E-state index contributed by atoms with van der Waals surface area (Å²) in [4.78, 5) is 18.3. The van der Waals surface area contributed by atoms with Crippen LogP contribution in [-0.4, -0.2) is 56.4 Å². The Morgan fingerprint density at radius 3 is 2.91 bits per heavy atom. The Morgan fingerprint density at radius 1 is 1.35 bits per heavy atom. The quantitative estimate of drug-likeness (QED) is 0.886. The zero-order valence-corrected chi connectivity index (χ0v) is 13.0. The fourth-order valence-electron chi connectivity index (χ4n) is 2.70. The number of amides is 1. The van der Waals surface area contributed by atoms with Crippen LogP contribution in [0.5, 0.6) is 5.75 Å². The molecule has 1 saturated heterocycles. The first kappa shape index (κ1) is 15.5. The fraction of sp³-hybridized carbons (Fsp3) is 0.438. The lowest BCUT2D eigenvalue weighted by Crippen LogP contribution is -2.33. The molecule has 3 heterocycles. The Bertz CT molecular complexity index is 659. The summed E-state index contributed by atoms with van der Waals surface area (Å²) < 4.78 is 5.93. The summed E-state index contributed by atoms with van der Waals surface area (Å²) >= 11 is 0. The Morgan fingerprint density at radius 2 is 2.17 bits per heavy atom. The van der Waals surface area contributed by atoms with Crippen molar-refractivity contribution in [1.82, 2.24) is 20.1 Å². The van der Waals surface area contributed by atoms with Gasteiger partial charge in [-0.25, -0.2) is 0 Å². The van der Waals surface area contributed by atoms with Crippen molar-refractivity contribution in [1.29, 1.82) is 0 Å². The molecule has 122 valence electrons. The van der Waals surface area contributed by atoms with Gasteiger partial charge < -0.3 is 14.7 Å². The van der Waals surface area contributed by atoms with Crippen molar-refractivity contribution < 1.29 is 14.6 Å². The first-order valence-electron chi connectivity index (χ1n) is 7.70. The Kier molecular flexibility index (Phi) is 4.57. The van der Waals surface area contributed by atoms with Gasteiger partial charge in [-0.2, -0.15) is 5.10 Å². The van der Waals surface area contributed by atoms with E-state index in [-0.39, 0.29) is 12.0 Å². The van der Waals surface area contributed by atoms with Gasteiger partial charge in [-0.1, -0.05) is 0 Å². The average Bonchev–Trinajstić information content (AvgIpc) is 3.03. The summed E-state index contributed by atoms with van der Waals surface area (Å²) in [7, 11) is 0. The molecule has 3 rings (SSSR count). The molecule has 23 heavy (non-hydrogen) atoms. The number of likely N-dealkylation sites (tertiary alicyclic amines) is 1. The molecule has 0 saturated carbocycles. The number of aryl methyl sites for hydroxylation is 1. The minimum Gasteiger partial charge on any atom is -0.486 e. The van der Waals surface area contributed by atoms with Crippen LogP contribution < -0.4 is 4.74 Å². The Labute approximate surface area is 134 Å². The standard InChI is InChI=1S/C16H20N4O3/c1-11-14(3-2-7-17-11)23-15-6-10-20(9-5-13(15)21)16(22)12-4-8-18-19-12/h2-4,7-8,13,15,21H,5-6,9-10H2,1H3,(H,18,19)/t13-,15-/m0/s1. The number of aromatic nitrogens is 3. The van der Waals surface area contributed by atoms with E-state index in [0.29, 0.717) is 37.4 Å². The lowest BCUT2D eigenvalue weighted by Gasteiger charge is -2.22. The summed E-state index contributed by atoms with van der Waals surface area (Å²) in [5, 5.41) is 16.8. The van der Waals surface area contributed by atoms with Crippen molar-refractivity contribution >= 4 is 5.91 Å². The zero-order valence-electron chi connectivity index (χ0n) is 13.0. The number of aromatic amines is 1. The molecule has 0 bridgehead atoms. The SMILES string of the molecule is Cc1ncccc1O[C@H]1CCN(C(=O)c2ccn[nH]2)CC[C@@H]1O. The van der Waals surface area contributed by atoms with E-state index in [1.54, 1.807) is 29.4 Å². The molecule has 1 fully saturated rings. The van der Waals surface area contributed by atoms with Gasteiger partial charge in [-0.15, -0.1) is 0 Å². The van der Waals surface area contributed by atoms with E-state index < -0.39 is 6.10 Å². The number of hydrogen-bond donors (Lipinski definition) is 2. The molecule has 2 aromatic heterocycles. The van der Waals surface area contributed by atoms with Crippen LogP contribution in [0.25, 0.3) is 0 Å². The maximum Gasteiger partial charge on any atom is 0.271 e. The second-order valence-corrected chi connectivity index (χ2v) is 5.65.